The zero-order valence-corrected chi connectivity index (χ0v) is 16.1. The smallest absolute Gasteiger partial charge is 0.306 e. The lowest BCUT2D eigenvalue weighted by Gasteiger charge is -2.18. The van der Waals surface area contributed by atoms with Crippen molar-refractivity contribution in [3.05, 3.63) is 27.7 Å². The summed E-state index contributed by atoms with van der Waals surface area (Å²) in [5.74, 6) is -2.91. The van der Waals surface area contributed by atoms with E-state index in [-0.39, 0.29) is 29.6 Å². The van der Waals surface area contributed by atoms with Gasteiger partial charge in [-0.15, -0.1) is 5.11 Å². The molecule has 2 N–H and O–H groups in total. The first-order chi connectivity index (χ1) is 11.9. The van der Waals surface area contributed by atoms with Gasteiger partial charge in [0.2, 0.25) is 0 Å². The van der Waals surface area contributed by atoms with Gasteiger partial charge in [-0.2, -0.15) is 0 Å². The highest BCUT2D eigenvalue weighted by Crippen LogP contribution is 2.37. The second-order valence-electron chi connectivity index (χ2n) is 5.19. The van der Waals surface area contributed by atoms with E-state index in [2.05, 4.69) is 26.3 Å². The summed E-state index contributed by atoms with van der Waals surface area (Å²) in [6.45, 7) is 6.70. The van der Waals surface area contributed by atoms with Crippen molar-refractivity contribution < 1.29 is 18.3 Å². The van der Waals surface area contributed by atoms with E-state index in [1.165, 1.54) is 0 Å². The number of nitrogens with two attached hydrogens (primary N) is 1. The highest BCUT2D eigenvalue weighted by atomic mass is 79.9. The topological polar surface area (TPSA) is 80.3 Å². The van der Waals surface area contributed by atoms with Crippen LogP contribution < -0.4 is 5.73 Å². The van der Waals surface area contributed by atoms with Crippen LogP contribution in [0.1, 0.15) is 38.7 Å². The Morgan fingerprint density at radius 2 is 2.00 bits per heavy atom. The average Bonchev–Trinajstić information content (AvgIpc) is 2.57. The van der Waals surface area contributed by atoms with Gasteiger partial charge >= 0.3 is 5.97 Å². The molecule has 25 heavy (non-hydrogen) atoms. The zero-order chi connectivity index (χ0) is 19.0. The molecule has 0 bridgehead atoms. The van der Waals surface area contributed by atoms with E-state index in [9.17, 15) is 13.6 Å². The van der Waals surface area contributed by atoms with Crippen LogP contribution in [0.4, 0.5) is 14.5 Å². The maximum atomic E-state index is 14.9. The van der Waals surface area contributed by atoms with Gasteiger partial charge in [0, 0.05) is 29.0 Å². The molecule has 0 aliphatic carbocycles. The van der Waals surface area contributed by atoms with E-state index < -0.39 is 29.2 Å². The summed E-state index contributed by atoms with van der Waals surface area (Å²) < 4.78 is 34.1. The predicted molar refractivity (Wildman–Crippen MR) is 94.5 cm³/mol. The first kappa shape index (κ1) is 21.4. The van der Waals surface area contributed by atoms with Gasteiger partial charge in [-0.3, -0.25) is 9.80 Å². The number of carbonyl (C=O) groups is 1. The van der Waals surface area contributed by atoms with Crippen molar-refractivity contribution in [1.29, 1.82) is 0 Å². The van der Waals surface area contributed by atoms with E-state index in [4.69, 9.17) is 10.5 Å². The molecule has 9 heteroatoms. The Hall–Kier alpha value is -1.61. The third kappa shape index (κ3) is 5.71. The van der Waals surface area contributed by atoms with Crippen molar-refractivity contribution in [2.24, 2.45) is 16.1 Å². The molecule has 0 saturated heterocycles. The molecule has 1 atom stereocenters. The van der Waals surface area contributed by atoms with E-state index >= 15 is 0 Å². The Morgan fingerprint density at radius 1 is 1.36 bits per heavy atom. The van der Waals surface area contributed by atoms with Crippen LogP contribution >= 0.6 is 15.9 Å². The van der Waals surface area contributed by atoms with Gasteiger partial charge < -0.3 is 10.5 Å². The minimum absolute atomic E-state index is 0.00735. The Morgan fingerprint density at radius 3 is 2.52 bits per heavy atom. The molecular weight excluding hydrogens is 398 g/mol. The Bertz CT molecular complexity index is 625. The lowest BCUT2D eigenvalue weighted by Crippen LogP contribution is -2.20. The summed E-state index contributed by atoms with van der Waals surface area (Å²) in [5, 5.41) is 9.10. The van der Waals surface area contributed by atoms with E-state index in [1.54, 1.807) is 11.9 Å². The van der Waals surface area contributed by atoms with E-state index in [0.717, 1.165) is 6.07 Å². The number of ether oxygens (including phenoxy) is 1. The molecule has 0 aliphatic rings. The first-order valence-electron chi connectivity index (χ1n) is 8.09. The van der Waals surface area contributed by atoms with Crippen molar-refractivity contribution in [2.45, 2.75) is 33.1 Å². The maximum absolute atomic E-state index is 14.9. The molecule has 140 valence electrons. The third-order valence-electron chi connectivity index (χ3n) is 3.59. The van der Waals surface area contributed by atoms with Crippen molar-refractivity contribution >= 4 is 27.6 Å². The summed E-state index contributed by atoms with van der Waals surface area (Å²) in [6.07, 6.45) is -0.113. The van der Waals surface area contributed by atoms with Crippen LogP contribution in [0.5, 0.6) is 0 Å². The molecule has 0 aromatic heterocycles. The monoisotopic (exact) mass is 420 g/mol. The minimum atomic E-state index is -0.887. The summed E-state index contributed by atoms with van der Waals surface area (Å²) in [7, 11) is 0. The molecule has 0 saturated carbocycles. The highest BCUT2D eigenvalue weighted by molar-refractivity contribution is 9.10. The second kappa shape index (κ2) is 10.4. The Labute approximate surface area is 154 Å². The van der Waals surface area contributed by atoms with E-state index in [0.29, 0.717) is 13.1 Å². The number of nitrogens with zero attached hydrogens (tertiary/aromatic N) is 3. The van der Waals surface area contributed by atoms with Gasteiger partial charge in [-0.25, -0.2) is 8.78 Å². The van der Waals surface area contributed by atoms with Crippen LogP contribution in [0.25, 0.3) is 0 Å². The molecule has 0 radical (unpaired) electrons. The van der Waals surface area contributed by atoms with Crippen LogP contribution in [0, 0.1) is 11.6 Å². The molecule has 1 aromatic rings. The molecule has 0 fully saturated rings. The summed E-state index contributed by atoms with van der Waals surface area (Å²) in [5.41, 5.74) is 5.27. The number of esters is 1. The number of halogens is 3. The molecule has 0 aliphatic heterocycles. The lowest BCUT2D eigenvalue weighted by molar-refractivity contribution is -0.143. The molecule has 0 spiro atoms. The normalized spacial score (nSPS) is 12.4. The maximum Gasteiger partial charge on any atom is 0.306 e. The molecule has 0 amide bonds. The summed E-state index contributed by atoms with van der Waals surface area (Å²) >= 11 is 3.14. The van der Waals surface area contributed by atoms with E-state index in [1.807, 2.05) is 13.8 Å². The fourth-order valence-corrected chi connectivity index (χ4v) is 2.94. The van der Waals surface area contributed by atoms with Crippen LogP contribution in [-0.2, 0) is 9.53 Å². The quantitative estimate of drug-likeness (QED) is 0.371. The molecule has 1 rings (SSSR count). The number of hydrogen-bond donors (Lipinski definition) is 1. The Kier molecular flexibility index (Phi) is 8.91. The summed E-state index contributed by atoms with van der Waals surface area (Å²) in [6, 6.07) is 1.10. The highest BCUT2D eigenvalue weighted by Gasteiger charge is 2.26. The van der Waals surface area contributed by atoms with Crippen molar-refractivity contribution in [3.63, 3.8) is 0 Å². The largest absolute Gasteiger partial charge is 0.466 e. The Balaban J connectivity index is 3.27. The van der Waals surface area contributed by atoms with Gasteiger partial charge in [0.1, 0.15) is 0 Å². The predicted octanol–water partition coefficient (Wildman–Crippen LogP) is 4.06. The minimum Gasteiger partial charge on any atom is -0.466 e. The molecule has 1 aromatic carbocycles. The van der Waals surface area contributed by atoms with Gasteiger partial charge in [-0.05, 0) is 33.4 Å². The van der Waals surface area contributed by atoms with Crippen LogP contribution in [0.2, 0.25) is 0 Å². The molecule has 1 unspecified atom stereocenters. The molecule has 6 nitrogen and oxygen atoms in total. The van der Waals surface area contributed by atoms with Crippen molar-refractivity contribution in [1.82, 2.24) is 5.01 Å². The fourth-order valence-electron chi connectivity index (χ4n) is 2.24. The standard InChI is InChI=1S/C16H23BrF2N4O2/c1-4-23(5-2)22-21-16-12(18)8-11(17)14(15(16)19)10(9-20)7-13(24)25-6-3/h8,10H,4-7,9,20H2,1-3H3. The second-order valence-corrected chi connectivity index (χ2v) is 6.04. The van der Waals surface area contributed by atoms with Gasteiger partial charge in [-0.1, -0.05) is 21.2 Å². The third-order valence-corrected chi connectivity index (χ3v) is 4.25. The number of benzene rings is 1. The van der Waals surface area contributed by atoms with Crippen molar-refractivity contribution in [2.75, 3.05) is 26.2 Å². The van der Waals surface area contributed by atoms with Crippen LogP contribution in [0.15, 0.2) is 20.9 Å². The van der Waals surface area contributed by atoms with Crippen LogP contribution in [-0.4, -0.2) is 37.2 Å². The van der Waals surface area contributed by atoms with Crippen molar-refractivity contribution in [3.8, 4) is 0 Å². The number of hydrogen-bond acceptors (Lipinski definition) is 5. The first-order valence-corrected chi connectivity index (χ1v) is 8.88. The van der Waals surface area contributed by atoms with Gasteiger partial charge in [0.15, 0.2) is 17.3 Å². The molecular formula is C16H23BrF2N4O2. The van der Waals surface area contributed by atoms with Gasteiger partial charge in [0.05, 0.1) is 13.0 Å². The lowest BCUT2D eigenvalue weighted by atomic mass is 9.94. The SMILES string of the molecule is CCOC(=O)CC(CN)c1c(Br)cc(F)c(N=NN(CC)CC)c1F. The number of rotatable bonds is 9. The van der Waals surface area contributed by atoms with Crippen LogP contribution in [0.3, 0.4) is 0 Å². The summed E-state index contributed by atoms with van der Waals surface area (Å²) in [4.78, 5) is 11.7. The number of carbonyl (C=O) groups excluding carboxylic acids is 1. The molecule has 0 heterocycles. The van der Waals surface area contributed by atoms with Gasteiger partial charge in [0.25, 0.3) is 0 Å². The zero-order valence-electron chi connectivity index (χ0n) is 14.6. The fraction of sp³-hybridized carbons (Fsp3) is 0.562. The average molecular weight is 421 g/mol.